The van der Waals surface area contributed by atoms with Gasteiger partial charge in [0.2, 0.25) is 15.9 Å². The first-order valence-electron chi connectivity index (χ1n) is 10.8. The van der Waals surface area contributed by atoms with E-state index in [0.29, 0.717) is 36.9 Å². The molecule has 29 heavy (non-hydrogen) atoms. The lowest BCUT2D eigenvalue weighted by atomic mass is 9.95. The highest BCUT2D eigenvalue weighted by molar-refractivity contribution is 7.89. The Labute approximate surface area is 175 Å². The molecule has 0 spiro atoms. The second-order valence-corrected chi connectivity index (χ2v) is 10.8. The lowest BCUT2D eigenvalue weighted by molar-refractivity contribution is -0.127. The third-order valence-electron chi connectivity index (χ3n) is 6.55. The SMILES string of the molecule is Cc1ccc(S(=O)(=O)N2CCC(C(=O)NC3CCN(C(C)C)CC3)CC2)cc1C. The molecule has 1 aromatic carbocycles. The van der Waals surface area contributed by atoms with Crippen molar-refractivity contribution in [3.05, 3.63) is 29.3 Å². The lowest BCUT2D eigenvalue weighted by Gasteiger charge is -2.36. The fourth-order valence-electron chi connectivity index (χ4n) is 4.26. The molecule has 1 aromatic rings. The number of amides is 1. The molecule has 0 aliphatic carbocycles. The van der Waals surface area contributed by atoms with Crippen LogP contribution in [0.25, 0.3) is 0 Å². The van der Waals surface area contributed by atoms with Crippen LogP contribution in [0.3, 0.4) is 0 Å². The van der Waals surface area contributed by atoms with Crippen molar-refractivity contribution in [2.75, 3.05) is 26.2 Å². The van der Waals surface area contributed by atoms with Gasteiger partial charge in [0.05, 0.1) is 4.90 Å². The summed E-state index contributed by atoms with van der Waals surface area (Å²) in [6.07, 6.45) is 3.15. The highest BCUT2D eigenvalue weighted by Gasteiger charge is 2.33. The molecule has 2 fully saturated rings. The fraction of sp³-hybridized carbons (Fsp3) is 0.682. The predicted molar refractivity (Wildman–Crippen MR) is 115 cm³/mol. The second kappa shape index (κ2) is 9.14. The van der Waals surface area contributed by atoms with Crippen molar-refractivity contribution in [2.24, 2.45) is 5.92 Å². The maximum absolute atomic E-state index is 13.0. The summed E-state index contributed by atoms with van der Waals surface area (Å²) in [7, 11) is -3.50. The summed E-state index contributed by atoms with van der Waals surface area (Å²) < 4.78 is 27.4. The molecular formula is C22H35N3O3S. The minimum absolute atomic E-state index is 0.0932. The lowest BCUT2D eigenvalue weighted by Crippen LogP contribution is -2.49. The van der Waals surface area contributed by atoms with Gasteiger partial charge < -0.3 is 10.2 Å². The maximum atomic E-state index is 13.0. The first kappa shape index (κ1) is 22.2. The molecule has 0 saturated carbocycles. The first-order chi connectivity index (χ1) is 13.7. The van der Waals surface area contributed by atoms with Gasteiger partial charge in [-0.2, -0.15) is 4.31 Å². The Morgan fingerprint density at radius 3 is 2.17 bits per heavy atom. The van der Waals surface area contributed by atoms with Gasteiger partial charge in [-0.25, -0.2) is 8.42 Å². The van der Waals surface area contributed by atoms with Gasteiger partial charge in [0.25, 0.3) is 0 Å². The van der Waals surface area contributed by atoms with E-state index >= 15 is 0 Å². The standard InChI is InChI=1S/C22H35N3O3S/c1-16(2)24-11-9-20(10-12-24)23-22(26)19-7-13-25(14-8-19)29(27,28)21-6-5-17(3)18(4)15-21/h5-6,15-16,19-20H,7-14H2,1-4H3,(H,23,26). The van der Waals surface area contributed by atoms with Crippen molar-refractivity contribution in [2.45, 2.75) is 70.4 Å². The molecule has 1 N–H and O–H groups in total. The molecule has 0 atom stereocenters. The van der Waals surface area contributed by atoms with Crippen LogP contribution in [-0.2, 0) is 14.8 Å². The molecule has 2 saturated heterocycles. The number of sulfonamides is 1. The topological polar surface area (TPSA) is 69.7 Å². The molecule has 0 bridgehead atoms. The summed E-state index contributed by atoms with van der Waals surface area (Å²) in [6, 6.07) is 6.07. The number of benzene rings is 1. The quantitative estimate of drug-likeness (QED) is 0.794. The number of hydrogen-bond acceptors (Lipinski definition) is 4. The molecule has 2 aliphatic heterocycles. The van der Waals surface area contributed by atoms with E-state index in [1.54, 1.807) is 12.1 Å². The maximum Gasteiger partial charge on any atom is 0.243 e. The number of piperidine rings is 2. The van der Waals surface area contributed by atoms with E-state index in [0.717, 1.165) is 37.1 Å². The van der Waals surface area contributed by atoms with E-state index in [4.69, 9.17) is 0 Å². The number of likely N-dealkylation sites (tertiary alicyclic amines) is 1. The van der Waals surface area contributed by atoms with E-state index in [9.17, 15) is 13.2 Å². The van der Waals surface area contributed by atoms with Crippen LogP contribution in [0, 0.1) is 19.8 Å². The zero-order valence-corrected chi connectivity index (χ0v) is 19.0. The largest absolute Gasteiger partial charge is 0.353 e. The molecular weight excluding hydrogens is 386 g/mol. The van der Waals surface area contributed by atoms with Gasteiger partial charge in [0.1, 0.15) is 0 Å². The Balaban J connectivity index is 1.52. The zero-order valence-electron chi connectivity index (χ0n) is 18.1. The van der Waals surface area contributed by atoms with Crippen molar-refractivity contribution < 1.29 is 13.2 Å². The van der Waals surface area contributed by atoms with Gasteiger partial charge in [-0.15, -0.1) is 0 Å². The second-order valence-electron chi connectivity index (χ2n) is 8.84. The average Bonchev–Trinajstić information content (AvgIpc) is 2.70. The zero-order chi connectivity index (χ0) is 21.2. The van der Waals surface area contributed by atoms with Crippen molar-refractivity contribution in [1.29, 1.82) is 0 Å². The van der Waals surface area contributed by atoms with Gasteiger partial charge in [0, 0.05) is 44.2 Å². The molecule has 6 nitrogen and oxygen atoms in total. The van der Waals surface area contributed by atoms with Crippen molar-refractivity contribution in [3.63, 3.8) is 0 Å². The van der Waals surface area contributed by atoms with Crippen molar-refractivity contribution >= 4 is 15.9 Å². The monoisotopic (exact) mass is 421 g/mol. The predicted octanol–water partition coefficient (Wildman–Crippen LogP) is 2.69. The van der Waals surface area contributed by atoms with Crippen LogP contribution >= 0.6 is 0 Å². The molecule has 0 radical (unpaired) electrons. The molecule has 1 amide bonds. The summed E-state index contributed by atoms with van der Waals surface area (Å²) in [5, 5.41) is 3.21. The minimum atomic E-state index is -3.50. The molecule has 2 heterocycles. The third kappa shape index (κ3) is 5.19. The number of nitrogens with one attached hydrogen (secondary N) is 1. The van der Waals surface area contributed by atoms with Crippen LogP contribution in [0.15, 0.2) is 23.1 Å². The Morgan fingerprint density at radius 1 is 1.00 bits per heavy atom. The van der Waals surface area contributed by atoms with Crippen LogP contribution < -0.4 is 5.32 Å². The first-order valence-corrected chi connectivity index (χ1v) is 12.2. The van der Waals surface area contributed by atoms with Gasteiger partial charge in [-0.1, -0.05) is 6.07 Å². The normalized spacial score (nSPS) is 20.9. The highest BCUT2D eigenvalue weighted by atomic mass is 32.2. The number of aryl methyl sites for hydroxylation is 2. The Bertz CT molecular complexity index is 822. The summed E-state index contributed by atoms with van der Waals surface area (Å²) in [4.78, 5) is 15.5. The van der Waals surface area contributed by atoms with Gasteiger partial charge >= 0.3 is 0 Å². The van der Waals surface area contributed by atoms with Crippen molar-refractivity contribution in [1.82, 2.24) is 14.5 Å². The summed E-state index contributed by atoms with van der Waals surface area (Å²) in [6.45, 7) is 11.2. The van der Waals surface area contributed by atoms with Crippen LogP contribution in [0.4, 0.5) is 0 Å². The number of carbonyl (C=O) groups is 1. The number of carbonyl (C=O) groups excluding carboxylic acids is 1. The van der Waals surface area contributed by atoms with E-state index < -0.39 is 10.0 Å². The molecule has 2 aliphatic rings. The Morgan fingerprint density at radius 2 is 1.62 bits per heavy atom. The number of nitrogens with zero attached hydrogens (tertiary/aromatic N) is 2. The minimum Gasteiger partial charge on any atom is -0.353 e. The molecule has 3 rings (SSSR count). The van der Waals surface area contributed by atoms with Gasteiger partial charge in [0.15, 0.2) is 0 Å². The smallest absolute Gasteiger partial charge is 0.243 e. The van der Waals surface area contributed by atoms with E-state index in [1.807, 2.05) is 19.9 Å². The van der Waals surface area contributed by atoms with Gasteiger partial charge in [-0.3, -0.25) is 4.79 Å². The van der Waals surface area contributed by atoms with Crippen LogP contribution in [0.2, 0.25) is 0 Å². The van der Waals surface area contributed by atoms with E-state index in [1.165, 1.54) is 4.31 Å². The fourth-order valence-corrected chi connectivity index (χ4v) is 5.82. The molecule has 7 heteroatoms. The Kier molecular flexibility index (Phi) is 7.02. The molecule has 0 aromatic heterocycles. The molecule has 162 valence electrons. The summed E-state index contributed by atoms with van der Waals surface area (Å²) in [5.74, 6) is 0.000516. The average molecular weight is 422 g/mol. The number of rotatable bonds is 5. The Hall–Kier alpha value is -1.44. The van der Waals surface area contributed by atoms with E-state index in [2.05, 4.69) is 24.1 Å². The van der Waals surface area contributed by atoms with Crippen molar-refractivity contribution in [3.8, 4) is 0 Å². The van der Waals surface area contributed by atoms with Crippen LogP contribution in [0.5, 0.6) is 0 Å². The van der Waals surface area contributed by atoms with Crippen LogP contribution in [-0.4, -0.2) is 61.8 Å². The number of hydrogen-bond donors (Lipinski definition) is 1. The summed E-state index contributed by atoms with van der Waals surface area (Å²) >= 11 is 0. The summed E-state index contributed by atoms with van der Waals surface area (Å²) in [5.41, 5.74) is 2.06. The van der Waals surface area contributed by atoms with Crippen LogP contribution in [0.1, 0.15) is 50.7 Å². The highest BCUT2D eigenvalue weighted by Crippen LogP contribution is 2.25. The molecule has 0 unspecified atom stereocenters. The van der Waals surface area contributed by atoms with E-state index in [-0.39, 0.29) is 17.9 Å². The van der Waals surface area contributed by atoms with Gasteiger partial charge in [-0.05, 0) is 76.6 Å². The third-order valence-corrected chi connectivity index (χ3v) is 8.44.